The van der Waals surface area contributed by atoms with Crippen LogP contribution in [0.1, 0.15) is 18.6 Å². The van der Waals surface area contributed by atoms with Crippen molar-refractivity contribution in [3.63, 3.8) is 0 Å². The van der Waals surface area contributed by atoms with E-state index >= 15 is 0 Å². The van der Waals surface area contributed by atoms with Crippen molar-refractivity contribution >= 4 is 5.82 Å². The fraction of sp³-hybridized carbons (Fsp3) is 0.600. The van der Waals surface area contributed by atoms with Gasteiger partial charge in [-0.25, -0.2) is 9.97 Å². The summed E-state index contributed by atoms with van der Waals surface area (Å²) in [5.74, 6) is 3.15. The van der Waals surface area contributed by atoms with Gasteiger partial charge < -0.3 is 18.8 Å². The second kappa shape index (κ2) is 7.86. The number of hydrogen-bond donors (Lipinski definition) is 0. The average molecular weight is 372 g/mol. The van der Waals surface area contributed by atoms with Crippen molar-refractivity contribution in [3.8, 4) is 5.88 Å². The molecule has 0 saturated carbocycles. The summed E-state index contributed by atoms with van der Waals surface area (Å²) in [4.78, 5) is 13.4. The molecule has 7 nitrogen and oxygen atoms in total. The Kier molecular flexibility index (Phi) is 5.31. The summed E-state index contributed by atoms with van der Waals surface area (Å²) >= 11 is 0. The molecule has 27 heavy (non-hydrogen) atoms. The van der Waals surface area contributed by atoms with Gasteiger partial charge in [-0.2, -0.15) is 0 Å². The molecule has 2 aliphatic heterocycles. The average Bonchev–Trinajstić information content (AvgIpc) is 3.32. The van der Waals surface area contributed by atoms with Crippen molar-refractivity contribution in [3.05, 3.63) is 36.5 Å². The number of rotatable bonds is 6. The lowest BCUT2D eigenvalue weighted by atomic mass is 9.71. The smallest absolute Gasteiger partial charge is 0.218 e. The highest BCUT2D eigenvalue weighted by atomic mass is 16.5. The Morgan fingerprint density at radius 3 is 2.81 bits per heavy atom. The molecule has 1 atom stereocenters. The van der Waals surface area contributed by atoms with E-state index in [1.54, 1.807) is 19.7 Å². The molecule has 2 aromatic heterocycles. The Labute approximate surface area is 160 Å². The van der Waals surface area contributed by atoms with E-state index in [2.05, 4.69) is 25.8 Å². The third-order valence-corrected chi connectivity index (χ3v) is 6.13. The zero-order chi connectivity index (χ0) is 18.7. The summed E-state index contributed by atoms with van der Waals surface area (Å²) in [6.07, 6.45) is 5.61. The summed E-state index contributed by atoms with van der Waals surface area (Å²) in [7, 11) is 3.45. The number of furan rings is 1. The number of aromatic nitrogens is 2. The van der Waals surface area contributed by atoms with Crippen LogP contribution < -0.4 is 9.64 Å². The van der Waals surface area contributed by atoms with Crippen molar-refractivity contribution in [1.29, 1.82) is 0 Å². The van der Waals surface area contributed by atoms with E-state index in [0.717, 1.165) is 63.8 Å². The molecule has 2 fully saturated rings. The quantitative estimate of drug-likeness (QED) is 0.772. The van der Waals surface area contributed by atoms with Gasteiger partial charge in [-0.05, 0) is 30.4 Å². The number of ether oxygens (including phenoxy) is 2. The molecule has 7 heteroatoms. The lowest BCUT2D eigenvalue weighted by molar-refractivity contribution is 0.0761. The summed E-state index contributed by atoms with van der Waals surface area (Å²) in [6.45, 7) is 5.85. The molecule has 2 aromatic rings. The SMILES string of the molecule is COCC1CN(Cc2ccco2)CC12CCN(c1cc(OC)ncn1)CC2. The van der Waals surface area contributed by atoms with Crippen LogP contribution in [0.4, 0.5) is 5.82 Å². The summed E-state index contributed by atoms with van der Waals surface area (Å²) in [6, 6.07) is 5.94. The Hall–Kier alpha value is -2.12. The van der Waals surface area contributed by atoms with Gasteiger partial charge in [0.2, 0.25) is 5.88 Å². The normalized spacial score (nSPS) is 22.4. The lowest BCUT2D eigenvalue weighted by Gasteiger charge is -2.43. The molecule has 4 heterocycles. The third kappa shape index (κ3) is 3.80. The highest BCUT2D eigenvalue weighted by molar-refractivity contribution is 5.41. The van der Waals surface area contributed by atoms with E-state index < -0.39 is 0 Å². The van der Waals surface area contributed by atoms with E-state index in [1.807, 2.05) is 19.2 Å². The van der Waals surface area contributed by atoms with Crippen molar-refractivity contribution in [2.45, 2.75) is 19.4 Å². The molecule has 146 valence electrons. The van der Waals surface area contributed by atoms with Gasteiger partial charge in [0.1, 0.15) is 17.9 Å². The minimum Gasteiger partial charge on any atom is -0.481 e. The largest absolute Gasteiger partial charge is 0.481 e. The van der Waals surface area contributed by atoms with E-state index in [4.69, 9.17) is 13.9 Å². The van der Waals surface area contributed by atoms with Gasteiger partial charge in [-0.3, -0.25) is 4.90 Å². The standard InChI is InChI=1S/C20H28N4O3/c1-25-13-16-11-23(12-17-4-3-9-27-17)14-20(16)5-7-24(8-6-20)18-10-19(26-2)22-15-21-18/h3-4,9-10,15-16H,5-8,11-14H2,1-2H3. The van der Waals surface area contributed by atoms with Crippen molar-refractivity contribution in [2.24, 2.45) is 11.3 Å². The highest BCUT2D eigenvalue weighted by Gasteiger charge is 2.48. The first-order valence-electron chi connectivity index (χ1n) is 9.57. The maximum absolute atomic E-state index is 5.58. The molecule has 1 spiro atoms. The summed E-state index contributed by atoms with van der Waals surface area (Å²) in [5, 5.41) is 0. The Morgan fingerprint density at radius 1 is 1.26 bits per heavy atom. The third-order valence-electron chi connectivity index (χ3n) is 6.13. The van der Waals surface area contributed by atoms with Crippen molar-refractivity contribution in [1.82, 2.24) is 14.9 Å². The Morgan fingerprint density at radius 2 is 2.11 bits per heavy atom. The second-order valence-electron chi connectivity index (χ2n) is 7.67. The fourth-order valence-corrected chi connectivity index (χ4v) is 4.68. The van der Waals surface area contributed by atoms with Crippen LogP contribution in [0.5, 0.6) is 5.88 Å². The van der Waals surface area contributed by atoms with Crippen LogP contribution in [0.3, 0.4) is 0 Å². The molecule has 0 aliphatic carbocycles. The van der Waals surface area contributed by atoms with Gasteiger partial charge in [-0.1, -0.05) is 0 Å². The zero-order valence-corrected chi connectivity index (χ0v) is 16.1. The Bertz CT molecular complexity index is 729. The molecule has 0 aromatic carbocycles. The van der Waals surface area contributed by atoms with Gasteiger partial charge in [0, 0.05) is 45.3 Å². The molecule has 0 bridgehead atoms. The molecule has 2 saturated heterocycles. The first-order valence-corrected chi connectivity index (χ1v) is 9.57. The first-order chi connectivity index (χ1) is 13.2. The number of nitrogens with zero attached hydrogens (tertiary/aromatic N) is 4. The van der Waals surface area contributed by atoms with Crippen molar-refractivity contribution in [2.75, 3.05) is 51.9 Å². The lowest BCUT2D eigenvalue weighted by Crippen LogP contribution is -2.45. The fourth-order valence-electron chi connectivity index (χ4n) is 4.68. The highest BCUT2D eigenvalue weighted by Crippen LogP contribution is 2.45. The number of piperidine rings is 1. The molecule has 0 N–H and O–H groups in total. The molecule has 1 unspecified atom stereocenters. The number of anilines is 1. The van der Waals surface area contributed by atoms with Crippen LogP contribution in [-0.2, 0) is 11.3 Å². The van der Waals surface area contributed by atoms with Crippen LogP contribution in [0.25, 0.3) is 0 Å². The molecular weight excluding hydrogens is 344 g/mol. The number of hydrogen-bond acceptors (Lipinski definition) is 7. The summed E-state index contributed by atoms with van der Waals surface area (Å²) in [5.41, 5.74) is 0.302. The number of methoxy groups -OCH3 is 2. The van der Waals surface area contributed by atoms with Gasteiger partial charge >= 0.3 is 0 Å². The topological polar surface area (TPSA) is 63.9 Å². The minimum absolute atomic E-state index is 0.302. The van der Waals surface area contributed by atoms with Gasteiger partial charge in [0.25, 0.3) is 0 Å². The monoisotopic (exact) mass is 372 g/mol. The molecule has 0 amide bonds. The molecule has 4 rings (SSSR count). The van der Waals surface area contributed by atoms with E-state index in [-0.39, 0.29) is 0 Å². The molecule has 0 radical (unpaired) electrons. The molecular formula is C20H28N4O3. The van der Waals surface area contributed by atoms with Crippen LogP contribution >= 0.6 is 0 Å². The van der Waals surface area contributed by atoms with E-state index in [1.165, 1.54) is 0 Å². The molecule has 2 aliphatic rings. The van der Waals surface area contributed by atoms with Crippen LogP contribution in [-0.4, -0.2) is 61.9 Å². The van der Waals surface area contributed by atoms with Crippen molar-refractivity contribution < 1.29 is 13.9 Å². The maximum atomic E-state index is 5.58. The van der Waals surface area contributed by atoms with Crippen LogP contribution in [0.2, 0.25) is 0 Å². The predicted octanol–water partition coefficient (Wildman–Crippen LogP) is 2.44. The second-order valence-corrected chi connectivity index (χ2v) is 7.67. The van der Waals surface area contributed by atoms with E-state index in [0.29, 0.717) is 17.2 Å². The van der Waals surface area contributed by atoms with E-state index in [9.17, 15) is 0 Å². The predicted molar refractivity (Wildman–Crippen MR) is 102 cm³/mol. The summed E-state index contributed by atoms with van der Waals surface area (Å²) < 4.78 is 16.4. The van der Waals surface area contributed by atoms with Gasteiger partial charge in [0.05, 0.1) is 26.5 Å². The number of likely N-dealkylation sites (tertiary alicyclic amines) is 1. The van der Waals surface area contributed by atoms with Crippen LogP contribution in [0, 0.1) is 11.3 Å². The maximum Gasteiger partial charge on any atom is 0.218 e. The zero-order valence-electron chi connectivity index (χ0n) is 16.1. The van der Waals surface area contributed by atoms with Gasteiger partial charge in [-0.15, -0.1) is 0 Å². The van der Waals surface area contributed by atoms with Crippen LogP contribution in [0.15, 0.2) is 35.2 Å². The minimum atomic E-state index is 0.302. The Balaban J connectivity index is 1.44. The van der Waals surface area contributed by atoms with Gasteiger partial charge in [0.15, 0.2) is 0 Å². The first kappa shape index (κ1) is 18.3.